The van der Waals surface area contributed by atoms with E-state index in [0.717, 1.165) is 12.0 Å². The summed E-state index contributed by atoms with van der Waals surface area (Å²) in [6.45, 7) is 3.88. The van der Waals surface area contributed by atoms with Gasteiger partial charge in [-0.2, -0.15) is 0 Å². The molecular formula is C48H39N. The van der Waals surface area contributed by atoms with Gasteiger partial charge in [-0.3, -0.25) is 0 Å². The number of rotatable bonds is 7. The number of hydrogen-bond donors (Lipinski definition) is 1. The van der Waals surface area contributed by atoms with Crippen molar-refractivity contribution in [1.29, 1.82) is 0 Å². The second kappa shape index (κ2) is 14.3. The van der Waals surface area contributed by atoms with Crippen LogP contribution in [-0.4, -0.2) is 0 Å². The number of hydrogen-bond acceptors (Lipinski definition) is 1. The molecule has 1 heteroatoms. The van der Waals surface area contributed by atoms with Crippen molar-refractivity contribution in [3.05, 3.63) is 240 Å². The van der Waals surface area contributed by atoms with Gasteiger partial charge < -0.3 is 5.73 Å². The van der Waals surface area contributed by atoms with Gasteiger partial charge in [-0.25, -0.2) is 0 Å². The van der Waals surface area contributed by atoms with Gasteiger partial charge in [-0.05, 0) is 67.6 Å². The summed E-state index contributed by atoms with van der Waals surface area (Å²) in [4.78, 5) is 0. The Labute approximate surface area is 290 Å². The molecule has 1 aliphatic rings. The van der Waals surface area contributed by atoms with Crippen LogP contribution < -0.4 is 5.73 Å². The third-order valence-corrected chi connectivity index (χ3v) is 9.37. The summed E-state index contributed by atoms with van der Waals surface area (Å²) in [5, 5.41) is 0. The van der Waals surface area contributed by atoms with Gasteiger partial charge in [0, 0.05) is 5.70 Å². The first kappa shape index (κ1) is 31.4. The fraction of sp³-hybridized carbons (Fsp3) is 0.0417. The molecule has 0 heterocycles. The molecule has 49 heavy (non-hydrogen) atoms. The highest BCUT2D eigenvalue weighted by molar-refractivity contribution is 5.86. The zero-order valence-electron chi connectivity index (χ0n) is 27.5. The molecule has 1 aliphatic carbocycles. The fourth-order valence-corrected chi connectivity index (χ4v) is 7.01. The molecule has 2 N–H and O–H groups in total. The average molecular weight is 630 g/mol. The Morgan fingerprint density at radius 2 is 0.959 bits per heavy atom. The smallest absolute Gasteiger partial charge is 0.0713 e. The molecule has 0 aliphatic heterocycles. The highest BCUT2D eigenvalue weighted by Crippen LogP contribution is 2.55. The predicted molar refractivity (Wildman–Crippen MR) is 208 cm³/mol. The summed E-state index contributed by atoms with van der Waals surface area (Å²) < 4.78 is 0. The molecule has 0 aromatic heterocycles. The highest BCUT2D eigenvalue weighted by atomic mass is 14.6. The quantitative estimate of drug-likeness (QED) is 0.186. The normalized spacial score (nSPS) is 12.4. The lowest BCUT2D eigenvalue weighted by Gasteiger charge is -2.34. The van der Waals surface area contributed by atoms with Crippen LogP contribution in [0, 0.1) is 0 Å². The molecule has 0 radical (unpaired) electrons. The summed E-state index contributed by atoms with van der Waals surface area (Å²) in [5.74, 6) is 0. The molecule has 0 unspecified atom stereocenters. The maximum atomic E-state index is 5.92. The molecular weight excluding hydrogens is 591 g/mol. The maximum Gasteiger partial charge on any atom is 0.0713 e. The minimum absolute atomic E-state index is 0.344. The van der Waals surface area contributed by atoms with E-state index in [9.17, 15) is 0 Å². The van der Waals surface area contributed by atoms with E-state index in [1.807, 2.05) is 6.07 Å². The Morgan fingerprint density at radius 1 is 0.490 bits per heavy atom. The lowest BCUT2D eigenvalue weighted by atomic mass is 9.67. The summed E-state index contributed by atoms with van der Waals surface area (Å²) in [7, 11) is 0. The van der Waals surface area contributed by atoms with Crippen molar-refractivity contribution in [3.8, 4) is 22.3 Å². The first-order valence-electron chi connectivity index (χ1n) is 16.8. The van der Waals surface area contributed by atoms with E-state index in [1.54, 1.807) is 0 Å². The monoisotopic (exact) mass is 629 g/mol. The van der Waals surface area contributed by atoms with Crippen molar-refractivity contribution in [2.24, 2.45) is 5.73 Å². The van der Waals surface area contributed by atoms with Gasteiger partial charge >= 0.3 is 0 Å². The van der Waals surface area contributed by atoms with Crippen LogP contribution in [0.4, 0.5) is 0 Å². The zero-order valence-corrected chi connectivity index (χ0v) is 27.5. The van der Waals surface area contributed by atoms with E-state index in [1.165, 1.54) is 55.6 Å². The van der Waals surface area contributed by atoms with Crippen molar-refractivity contribution in [1.82, 2.24) is 0 Å². The molecule has 0 atom stereocenters. The van der Waals surface area contributed by atoms with Crippen LogP contribution in [0.2, 0.25) is 0 Å². The molecule has 7 aromatic rings. The highest BCUT2D eigenvalue weighted by Gasteiger charge is 2.45. The molecule has 1 nitrogen and oxygen atoms in total. The number of nitrogens with two attached hydrogens (primary N) is 1. The molecule has 8 rings (SSSR count). The van der Waals surface area contributed by atoms with Gasteiger partial charge in [0.15, 0.2) is 0 Å². The van der Waals surface area contributed by atoms with Crippen LogP contribution in [0.3, 0.4) is 0 Å². The van der Waals surface area contributed by atoms with Gasteiger partial charge in [0.05, 0.1) is 5.41 Å². The summed E-state index contributed by atoms with van der Waals surface area (Å²) in [5.41, 5.74) is 20.0. The van der Waals surface area contributed by atoms with Gasteiger partial charge in [-0.15, -0.1) is 0 Å². The molecule has 236 valence electrons. The van der Waals surface area contributed by atoms with Crippen LogP contribution in [0.25, 0.3) is 34.0 Å². The summed E-state index contributed by atoms with van der Waals surface area (Å²) in [6, 6.07) is 66.5. The van der Waals surface area contributed by atoms with Gasteiger partial charge in [0.2, 0.25) is 0 Å². The topological polar surface area (TPSA) is 26.0 Å². The van der Waals surface area contributed by atoms with E-state index < -0.39 is 0 Å². The fourth-order valence-electron chi connectivity index (χ4n) is 7.01. The largest absolute Gasteiger partial charge is 0.399 e. The molecule has 0 bridgehead atoms. The minimum Gasteiger partial charge on any atom is -0.399 e. The molecule has 0 saturated carbocycles. The summed E-state index contributed by atoms with van der Waals surface area (Å²) >= 11 is 0. The molecule has 0 spiro atoms. The van der Waals surface area contributed by atoms with E-state index in [0.29, 0.717) is 5.70 Å². The van der Waals surface area contributed by atoms with Crippen molar-refractivity contribution in [2.45, 2.75) is 11.8 Å². The van der Waals surface area contributed by atoms with E-state index in [4.69, 9.17) is 5.73 Å². The van der Waals surface area contributed by atoms with Crippen molar-refractivity contribution in [2.75, 3.05) is 0 Å². The third-order valence-electron chi connectivity index (χ3n) is 9.37. The van der Waals surface area contributed by atoms with Gasteiger partial charge in [0.25, 0.3) is 0 Å². The lowest BCUT2D eigenvalue weighted by Crippen LogP contribution is -2.28. The first-order chi connectivity index (χ1) is 24.1. The molecule has 0 amide bonds. The van der Waals surface area contributed by atoms with Crippen LogP contribution in [-0.2, 0) is 11.8 Å². The number of fused-ring (bicyclic) bond motifs is 3. The minimum atomic E-state index is -0.344. The lowest BCUT2D eigenvalue weighted by molar-refractivity contribution is 0.768. The van der Waals surface area contributed by atoms with Crippen LogP contribution >= 0.6 is 0 Å². The van der Waals surface area contributed by atoms with Gasteiger partial charge in [-0.1, -0.05) is 207 Å². The Balaban J connectivity index is 0.000000161. The third kappa shape index (κ3) is 6.40. The standard InChI is InChI=1S/C27H21N.C21H18/c1-19(28)20-15-17-22(18-16-20)27(21-9-3-2-4-10-21)25-13-7-5-11-23(25)24-12-6-8-14-26(24)27;1-3-8-18(9-4-1)10-7-11-19-14-16-21(17-15-19)20-12-5-2-6-13-20/h2-18H,1,28H2;1-9,11-17H,10H2/b;11-7+. The Kier molecular flexibility index (Phi) is 9.17. The van der Waals surface area contributed by atoms with Crippen LogP contribution in [0.15, 0.2) is 201 Å². The van der Waals surface area contributed by atoms with Crippen molar-refractivity contribution >= 4 is 11.8 Å². The number of benzene rings is 7. The average Bonchev–Trinajstić information content (AvgIpc) is 3.48. The van der Waals surface area contributed by atoms with E-state index >= 15 is 0 Å². The molecule has 0 fully saturated rings. The van der Waals surface area contributed by atoms with Gasteiger partial charge in [0.1, 0.15) is 0 Å². The van der Waals surface area contributed by atoms with Crippen molar-refractivity contribution < 1.29 is 0 Å². The van der Waals surface area contributed by atoms with E-state index in [-0.39, 0.29) is 5.41 Å². The maximum absolute atomic E-state index is 5.92. The van der Waals surface area contributed by atoms with Crippen molar-refractivity contribution in [3.63, 3.8) is 0 Å². The molecule has 0 saturated heterocycles. The Morgan fingerprint density at radius 3 is 1.53 bits per heavy atom. The van der Waals surface area contributed by atoms with Crippen LogP contribution in [0.1, 0.15) is 38.9 Å². The second-order valence-electron chi connectivity index (χ2n) is 12.4. The first-order valence-corrected chi connectivity index (χ1v) is 16.8. The Hall–Kier alpha value is -6.18. The van der Waals surface area contributed by atoms with E-state index in [2.05, 4.69) is 201 Å². The second-order valence-corrected chi connectivity index (χ2v) is 12.4. The summed E-state index contributed by atoms with van der Waals surface area (Å²) in [6.07, 6.45) is 5.37. The molecule has 7 aromatic carbocycles. The number of allylic oxidation sites excluding steroid dienone is 1. The SMILES string of the molecule is C(=C\c1ccc(-c2ccccc2)cc1)/Cc1ccccc1.C=C(N)c1ccc(C2(c3ccccc3)c3ccccc3-c3ccccc32)cc1. The zero-order chi connectivity index (χ0) is 33.5. The Bertz CT molecular complexity index is 2130. The predicted octanol–water partition coefficient (Wildman–Crippen LogP) is 11.6. The van der Waals surface area contributed by atoms with Crippen LogP contribution in [0.5, 0.6) is 0 Å².